The van der Waals surface area contributed by atoms with E-state index in [0.717, 1.165) is 24.3 Å². The van der Waals surface area contributed by atoms with Gasteiger partial charge in [-0.15, -0.1) is 0 Å². The van der Waals surface area contributed by atoms with Crippen LogP contribution in [0.5, 0.6) is 11.5 Å². The van der Waals surface area contributed by atoms with Gasteiger partial charge < -0.3 is 15.2 Å². The Morgan fingerprint density at radius 2 is 2.31 bits per heavy atom. The highest BCUT2D eigenvalue weighted by atomic mass is 16.5. The Kier molecular flexibility index (Phi) is 3.34. The molecule has 2 N–H and O–H groups in total. The van der Waals surface area contributed by atoms with Gasteiger partial charge in [-0.05, 0) is 38.3 Å². The SMILES string of the molecule is CC(C)Oc1cccc2c1OC(CN)CC2. The fourth-order valence-electron chi connectivity index (χ4n) is 1.95. The number of hydrogen-bond donors (Lipinski definition) is 1. The molecule has 1 atom stereocenters. The maximum absolute atomic E-state index is 5.86. The molecule has 0 aliphatic carbocycles. The zero-order valence-electron chi connectivity index (χ0n) is 9.90. The smallest absolute Gasteiger partial charge is 0.164 e. The van der Waals surface area contributed by atoms with Crippen LogP contribution in [0.2, 0.25) is 0 Å². The lowest BCUT2D eigenvalue weighted by Gasteiger charge is -2.27. The number of fused-ring (bicyclic) bond motifs is 1. The maximum atomic E-state index is 5.86. The number of nitrogens with two attached hydrogens (primary N) is 1. The third-order valence-corrected chi connectivity index (χ3v) is 2.71. The number of hydrogen-bond acceptors (Lipinski definition) is 3. The first-order valence-corrected chi connectivity index (χ1v) is 5.86. The normalized spacial score (nSPS) is 19.1. The summed E-state index contributed by atoms with van der Waals surface area (Å²) < 4.78 is 11.6. The van der Waals surface area contributed by atoms with Crippen LogP contribution in [0.1, 0.15) is 25.8 Å². The van der Waals surface area contributed by atoms with Crippen LogP contribution in [0, 0.1) is 0 Å². The number of benzene rings is 1. The predicted molar refractivity (Wildman–Crippen MR) is 64.0 cm³/mol. The molecule has 1 aliphatic rings. The van der Waals surface area contributed by atoms with Crippen LogP contribution in [0.25, 0.3) is 0 Å². The van der Waals surface area contributed by atoms with Gasteiger partial charge in [0, 0.05) is 6.54 Å². The second-order valence-electron chi connectivity index (χ2n) is 4.43. The van der Waals surface area contributed by atoms with E-state index in [9.17, 15) is 0 Å². The van der Waals surface area contributed by atoms with Gasteiger partial charge in [-0.1, -0.05) is 12.1 Å². The lowest BCUT2D eigenvalue weighted by Crippen LogP contribution is -2.30. The predicted octanol–water partition coefficient (Wildman–Crippen LogP) is 2.13. The largest absolute Gasteiger partial charge is 0.487 e. The van der Waals surface area contributed by atoms with Crippen LogP contribution in [-0.2, 0) is 6.42 Å². The average molecular weight is 221 g/mol. The van der Waals surface area contributed by atoms with E-state index in [-0.39, 0.29) is 12.2 Å². The molecule has 1 aromatic carbocycles. The molecule has 0 fully saturated rings. The summed E-state index contributed by atoms with van der Waals surface area (Å²) in [6.07, 6.45) is 2.30. The van der Waals surface area contributed by atoms with Crippen molar-refractivity contribution in [2.75, 3.05) is 6.54 Å². The molecule has 0 aromatic heterocycles. The van der Waals surface area contributed by atoms with Gasteiger partial charge in [-0.2, -0.15) is 0 Å². The zero-order chi connectivity index (χ0) is 11.5. The first-order valence-electron chi connectivity index (χ1n) is 5.86. The second-order valence-corrected chi connectivity index (χ2v) is 4.43. The minimum absolute atomic E-state index is 0.129. The number of aryl methyl sites for hydroxylation is 1. The van der Waals surface area contributed by atoms with Crippen molar-refractivity contribution in [3.63, 3.8) is 0 Å². The summed E-state index contributed by atoms with van der Waals surface area (Å²) in [4.78, 5) is 0. The minimum atomic E-state index is 0.129. The standard InChI is InChI=1S/C13H19NO2/c1-9(2)15-12-5-3-4-10-6-7-11(8-14)16-13(10)12/h3-5,9,11H,6-8,14H2,1-2H3. The van der Waals surface area contributed by atoms with Gasteiger partial charge in [0.15, 0.2) is 11.5 Å². The number of rotatable bonds is 3. The molecule has 3 heteroatoms. The summed E-state index contributed by atoms with van der Waals surface area (Å²) in [5, 5.41) is 0. The van der Waals surface area contributed by atoms with E-state index in [1.165, 1.54) is 5.56 Å². The van der Waals surface area contributed by atoms with Crippen molar-refractivity contribution < 1.29 is 9.47 Å². The van der Waals surface area contributed by atoms with E-state index in [4.69, 9.17) is 15.2 Å². The molecule has 0 spiro atoms. The summed E-state index contributed by atoms with van der Waals surface area (Å²) in [6.45, 7) is 4.60. The Labute approximate surface area is 96.5 Å². The van der Waals surface area contributed by atoms with Gasteiger partial charge in [0.25, 0.3) is 0 Å². The van der Waals surface area contributed by atoms with Gasteiger partial charge in [-0.3, -0.25) is 0 Å². The summed E-state index contributed by atoms with van der Waals surface area (Å²) in [5.74, 6) is 1.73. The maximum Gasteiger partial charge on any atom is 0.164 e. The molecule has 1 aromatic rings. The van der Waals surface area contributed by atoms with Crippen molar-refractivity contribution in [3.05, 3.63) is 23.8 Å². The molecule has 0 radical (unpaired) electrons. The van der Waals surface area contributed by atoms with E-state index in [1.54, 1.807) is 0 Å². The van der Waals surface area contributed by atoms with Crippen LogP contribution in [0.15, 0.2) is 18.2 Å². The molecule has 1 unspecified atom stereocenters. The van der Waals surface area contributed by atoms with Crippen molar-refractivity contribution in [2.45, 2.75) is 38.9 Å². The first kappa shape index (κ1) is 11.3. The summed E-state index contributed by atoms with van der Waals surface area (Å²) in [6, 6.07) is 6.07. The Balaban J connectivity index is 2.27. The van der Waals surface area contributed by atoms with Crippen molar-refractivity contribution >= 4 is 0 Å². The van der Waals surface area contributed by atoms with Crippen LogP contribution in [0.4, 0.5) is 0 Å². The van der Waals surface area contributed by atoms with Crippen LogP contribution >= 0.6 is 0 Å². The highest BCUT2D eigenvalue weighted by molar-refractivity contribution is 5.48. The molecule has 2 rings (SSSR count). The third kappa shape index (κ3) is 2.30. The van der Waals surface area contributed by atoms with Gasteiger partial charge in [0.1, 0.15) is 6.10 Å². The molecule has 0 amide bonds. The highest BCUT2D eigenvalue weighted by Gasteiger charge is 2.22. The molecule has 16 heavy (non-hydrogen) atoms. The molecule has 1 aliphatic heterocycles. The third-order valence-electron chi connectivity index (χ3n) is 2.71. The molecule has 1 heterocycles. The van der Waals surface area contributed by atoms with Crippen molar-refractivity contribution in [1.29, 1.82) is 0 Å². The van der Waals surface area contributed by atoms with E-state index in [1.807, 2.05) is 26.0 Å². The van der Waals surface area contributed by atoms with Crippen molar-refractivity contribution in [2.24, 2.45) is 5.73 Å². The Morgan fingerprint density at radius 1 is 1.50 bits per heavy atom. The number of ether oxygens (including phenoxy) is 2. The molecule has 0 bridgehead atoms. The number of para-hydroxylation sites is 1. The molecular weight excluding hydrogens is 202 g/mol. The Hall–Kier alpha value is -1.22. The van der Waals surface area contributed by atoms with Crippen molar-refractivity contribution in [3.8, 4) is 11.5 Å². The zero-order valence-corrected chi connectivity index (χ0v) is 9.90. The average Bonchev–Trinajstić information content (AvgIpc) is 2.28. The summed E-state index contributed by atoms with van der Waals surface area (Å²) >= 11 is 0. The van der Waals surface area contributed by atoms with E-state index in [0.29, 0.717) is 6.54 Å². The van der Waals surface area contributed by atoms with Crippen LogP contribution < -0.4 is 15.2 Å². The minimum Gasteiger partial charge on any atom is -0.487 e. The topological polar surface area (TPSA) is 44.5 Å². The summed E-state index contributed by atoms with van der Waals surface area (Å²) in [7, 11) is 0. The lowest BCUT2D eigenvalue weighted by atomic mass is 10.0. The second kappa shape index (κ2) is 4.74. The van der Waals surface area contributed by atoms with Gasteiger partial charge >= 0.3 is 0 Å². The van der Waals surface area contributed by atoms with E-state index >= 15 is 0 Å². The first-order chi connectivity index (χ1) is 7.70. The molecule has 0 saturated heterocycles. The van der Waals surface area contributed by atoms with Gasteiger partial charge in [0.05, 0.1) is 6.10 Å². The fourth-order valence-corrected chi connectivity index (χ4v) is 1.95. The Bertz CT molecular complexity index is 363. The molecule has 0 saturated carbocycles. The molecule has 3 nitrogen and oxygen atoms in total. The van der Waals surface area contributed by atoms with E-state index in [2.05, 4.69) is 6.07 Å². The van der Waals surface area contributed by atoms with Gasteiger partial charge in [-0.25, -0.2) is 0 Å². The van der Waals surface area contributed by atoms with E-state index < -0.39 is 0 Å². The fraction of sp³-hybridized carbons (Fsp3) is 0.538. The monoisotopic (exact) mass is 221 g/mol. The highest BCUT2D eigenvalue weighted by Crippen LogP contribution is 2.36. The summed E-state index contributed by atoms with van der Waals surface area (Å²) in [5.41, 5.74) is 6.87. The Morgan fingerprint density at radius 3 is 3.00 bits per heavy atom. The van der Waals surface area contributed by atoms with Crippen molar-refractivity contribution in [1.82, 2.24) is 0 Å². The van der Waals surface area contributed by atoms with Crippen LogP contribution in [0.3, 0.4) is 0 Å². The lowest BCUT2D eigenvalue weighted by molar-refractivity contribution is 0.160. The van der Waals surface area contributed by atoms with Crippen LogP contribution in [-0.4, -0.2) is 18.8 Å². The quantitative estimate of drug-likeness (QED) is 0.850. The molecule has 88 valence electrons. The molecular formula is C13H19NO2. The van der Waals surface area contributed by atoms with Gasteiger partial charge in [0.2, 0.25) is 0 Å².